The number of ether oxygens (including phenoxy) is 2. The zero-order chi connectivity index (χ0) is 19.6. The highest BCUT2D eigenvalue weighted by atomic mass is 16.5. The predicted octanol–water partition coefficient (Wildman–Crippen LogP) is 2.45. The van der Waals surface area contributed by atoms with Crippen molar-refractivity contribution in [2.45, 2.75) is 19.0 Å². The molecule has 27 heavy (non-hydrogen) atoms. The molecule has 0 bridgehead atoms. The van der Waals surface area contributed by atoms with Crippen LogP contribution in [-0.2, 0) is 21.6 Å². The fourth-order valence-electron chi connectivity index (χ4n) is 3.01. The van der Waals surface area contributed by atoms with Crippen molar-refractivity contribution in [2.24, 2.45) is 0 Å². The monoisotopic (exact) mass is 368 g/mol. The number of benzene rings is 2. The number of carbonyl (C=O) groups is 3. The Hall–Kier alpha value is -3.35. The molecule has 2 aromatic carbocycles. The van der Waals surface area contributed by atoms with Gasteiger partial charge in [0.1, 0.15) is 11.3 Å². The molecule has 1 atom stereocenters. The minimum Gasteiger partial charge on any atom is -0.497 e. The second kappa shape index (κ2) is 7.11. The Bertz CT molecular complexity index is 876. The third-order valence-electron chi connectivity index (χ3n) is 4.66. The lowest BCUT2D eigenvalue weighted by Crippen LogP contribution is -2.40. The number of hydrogen-bond donors (Lipinski definition) is 1. The number of rotatable bonds is 5. The molecule has 1 aliphatic rings. The number of carbonyl (C=O) groups excluding carboxylic acids is 3. The Kier molecular flexibility index (Phi) is 4.85. The molecule has 0 saturated carbocycles. The lowest BCUT2D eigenvalue weighted by atomic mass is 9.92. The van der Waals surface area contributed by atoms with Crippen molar-refractivity contribution in [3.8, 4) is 5.75 Å². The zero-order valence-electron chi connectivity index (χ0n) is 15.3. The van der Waals surface area contributed by atoms with Crippen molar-refractivity contribution in [3.05, 3.63) is 65.2 Å². The first-order valence-corrected chi connectivity index (χ1v) is 8.35. The van der Waals surface area contributed by atoms with Gasteiger partial charge in [0.15, 0.2) is 0 Å². The fourth-order valence-corrected chi connectivity index (χ4v) is 3.01. The molecule has 7 nitrogen and oxygen atoms in total. The maximum absolute atomic E-state index is 13.0. The van der Waals surface area contributed by atoms with Gasteiger partial charge in [0, 0.05) is 0 Å². The van der Waals surface area contributed by atoms with Crippen molar-refractivity contribution < 1.29 is 23.9 Å². The molecule has 0 aromatic heterocycles. The van der Waals surface area contributed by atoms with Crippen LogP contribution >= 0.6 is 0 Å². The quantitative estimate of drug-likeness (QED) is 0.647. The highest BCUT2D eigenvalue weighted by Gasteiger charge is 2.48. The molecule has 0 aliphatic carbocycles. The highest BCUT2D eigenvalue weighted by Crippen LogP contribution is 2.30. The topological polar surface area (TPSA) is 84.9 Å². The Balaban J connectivity index is 1.80. The fraction of sp³-hybridized carbons (Fsp3) is 0.250. The van der Waals surface area contributed by atoms with Gasteiger partial charge < -0.3 is 14.8 Å². The van der Waals surface area contributed by atoms with Gasteiger partial charge in [0.25, 0.3) is 5.91 Å². The van der Waals surface area contributed by atoms with E-state index in [1.54, 1.807) is 62.6 Å². The minimum absolute atomic E-state index is 0.109. The Labute approximate surface area is 156 Å². The van der Waals surface area contributed by atoms with Crippen LogP contribution in [0.4, 0.5) is 4.79 Å². The highest BCUT2D eigenvalue weighted by molar-refractivity contribution is 6.07. The summed E-state index contributed by atoms with van der Waals surface area (Å²) >= 11 is 0. The zero-order valence-corrected chi connectivity index (χ0v) is 15.3. The molecule has 1 heterocycles. The first-order valence-electron chi connectivity index (χ1n) is 8.35. The van der Waals surface area contributed by atoms with Crippen molar-refractivity contribution in [1.82, 2.24) is 10.2 Å². The third-order valence-corrected chi connectivity index (χ3v) is 4.66. The second-order valence-electron chi connectivity index (χ2n) is 6.36. The molecule has 7 heteroatoms. The molecular weight excluding hydrogens is 348 g/mol. The van der Waals surface area contributed by atoms with Gasteiger partial charge in [0.2, 0.25) is 0 Å². The maximum Gasteiger partial charge on any atom is 0.337 e. The summed E-state index contributed by atoms with van der Waals surface area (Å²) in [6.45, 7) is 1.78. The normalized spacial score (nSPS) is 19.0. The first-order chi connectivity index (χ1) is 12.9. The SMILES string of the molecule is COC(=O)c1ccc(CN2C(=O)N[C@@](C)(c3ccc(OC)cc3)C2=O)cc1. The van der Waals surface area contributed by atoms with Crippen LogP contribution in [-0.4, -0.2) is 37.0 Å². The summed E-state index contributed by atoms with van der Waals surface area (Å²) in [5.74, 6) is -0.111. The number of amides is 3. The second-order valence-corrected chi connectivity index (χ2v) is 6.36. The van der Waals surface area contributed by atoms with E-state index >= 15 is 0 Å². The van der Waals surface area contributed by atoms with Crippen LogP contribution in [0.5, 0.6) is 5.75 Å². The molecule has 0 radical (unpaired) electrons. The number of nitrogens with zero attached hydrogens (tertiary/aromatic N) is 1. The van der Waals surface area contributed by atoms with E-state index < -0.39 is 17.5 Å². The summed E-state index contributed by atoms with van der Waals surface area (Å²) in [7, 11) is 2.87. The summed E-state index contributed by atoms with van der Waals surface area (Å²) in [6, 6.07) is 13.1. The van der Waals surface area contributed by atoms with Gasteiger partial charge in [-0.05, 0) is 42.3 Å². The number of nitrogens with one attached hydrogen (secondary N) is 1. The third kappa shape index (κ3) is 3.36. The van der Waals surface area contributed by atoms with Crippen molar-refractivity contribution in [3.63, 3.8) is 0 Å². The van der Waals surface area contributed by atoms with Crippen molar-refractivity contribution in [2.75, 3.05) is 14.2 Å². The summed E-state index contributed by atoms with van der Waals surface area (Å²) in [6.07, 6.45) is 0. The van der Waals surface area contributed by atoms with Gasteiger partial charge in [-0.1, -0.05) is 24.3 Å². The van der Waals surface area contributed by atoms with E-state index in [-0.39, 0.29) is 12.5 Å². The lowest BCUT2D eigenvalue weighted by molar-refractivity contribution is -0.131. The molecule has 3 rings (SSSR count). The molecule has 3 amide bonds. The molecule has 0 spiro atoms. The van der Waals surface area contributed by atoms with E-state index in [0.29, 0.717) is 16.9 Å². The van der Waals surface area contributed by atoms with Gasteiger partial charge in [-0.3, -0.25) is 9.69 Å². The Morgan fingerprint density at radius 2 is 1.67 bits per heavy atom. The van der Waals surface area contributed by atoms with Crippen molar-refractivity contribution in [1.29, 1.82) is 0 Å². The van der Waals surface area contributed by atoms with Gasteiger partial charge in [0.05, 0.1) is 26.3 Å². The molecule has 1 N–H and O–H groups in total. The summed E-state index contributed by atoms with van der Waals surface area (Å²) in [5.41, 5.74) is 0.659. The largest absolute Gasteiger partial charge is 0.497 e. The average Bonchev–Trinajstić information content (AvgIpc) is 2.92. The van der Waals surface area contributed by atoms with Crippen molar-refractivity contribution >= 4 is 17.9 Å². The smallest absolute Gasteiger partial charge is 0.337 e. The van der Waals surface area contributed by atoms with Crippen LogP contribution in [0, 0.1) is 0 Å². The predicted molar refractivity (Wildman–Crippen MR) is 97.2 cm³/mol. The molecule has 1 saturated heterocycles. The summed E-state index contributed by atoms with van der Waals surface area (Å²) < 4.78 is 9.79. The molecule has 1 aliphatic heterocycles. The number of urea groups is 1. The molecule has 2 aromatic rings. The van der Waals surface area contributed by atoms with Crippen LogP contribution in [0.25, 0.3) is 0 Å². The molecule has 1 fully saturated rings. The lowest BCUT2D eigenvalue weighted by Gasteiger charge is -2.22. The van der Waals surface area contributed by atoms with Crippen LogP contribution < -0.4 is 10.1 Å². The van der Waals surface area contributed by atoms with Crippen LogP contribution in [0.15, 0.2) is 48.5 Å². The van der Waals surface area contributed by atoms with Crippen LogP contribution in [0.1, 0.15) is 28.4 Å². The number of imide groups is 1. The van der Waals surface area contributed by atoms with E-state index in [9.17, 15) is 14.4 Å². The molecular formula is C20H20N2O5. The van der Waals surface area contributed by atoms with E-state index in [0.717, 1.165) is 10.5 Å². The van der Waals surface area contributed by atoms with Gasteiger partial charge in [-0.25, -0.2) is 9.59 Å². The van der Waals surface area contributed by atoms with Gasteiger partial charge in [-0.2, -0.15) is 0 Å². The molecule has 140 valence electrons. The maximum atomic E-state index is 13.0. The van der Waals surface area contributed by atoms with Crippen LogP contribution in [0.3, 0.4) is 0 Å². The van der Waals surface area contributed by atoms with E-state index in [2.05, 4.69) is 10.1 Å². The van der Waals surface area contributed by atoms with Crippen LogP contribution in [0.2, 0.25) is 0 Å². The van der Waals surface area contributed by atoms with Gasteiger partial charge in [-0.15, -0.1) is 0 Å². The van der Waals surface area contributed by atoms with E-state index in [1.807, 2.05) is 0 Å². The first kappa shape index (κ1) is 18.4. The Morgan fingerprint density at radius 1 is 1.04 bits per heavy atom. The number of hydrogen-bond acceptors (Lipinski definition) is 5. The number of methoxy groups -OCH3 is 2. The van der Waals surface area contributed by atoms with E-state index in [4.69, 9.17) is 4.74 Å². The summed E-state index contributed by atoms with van der Waals surface area (Å²) in [5, 5.41) is 2.77. The minimum atomic E-state index is -1.14. The standard InChI is InChI=1S/C20H20N2O5/c1-20(15-8-10-16(26-2)11-9-15)18(24)22(19(25)21-20)12-13-4-6-14(7-5-13)17(23)27-3/h4-11H,12H2,1-3H3,(H,21,25)/t20-/m0/s1. The molecule has 0 unspecified atom stereocenters. The summed E-state index contributed by atoms with van der Waals surface area (Å²) in [4.78, 5) is 38.0. The number of esters is 1. The average molecular weight is 368 g/mol. The Morgan fingerprint density at radius 3 is 2.22 bits per heavy atom. The van der Waals surface area contributed by atoms with E-state index in [1.165, 1.54) is 7.11 Å². The van der Waals surface area contributed by atoms with Gasteiger partial charge >= 0.3 is 12.0 Å².